The van der Waals surface area contributed by atoms with Gasteiger partial charge in [-0.25, -0.2) is 4.39 Å². The van der Waals surface area contributed by atoms with Crippen molar-refractivity contribution in [2.24, 2.45) is 0 Å². The third kappa shape index (κ3) is 3.99. The molecular weight excluding hydrogens is 383 g/mol. The summed E-state index contributed by atoms with van der Waals surface area (Å²) in [5, 5.41) is 13.8. The Bertz CT molecular complexity index is 1120. The third-order valence-corrected chi connectivity index (χ3v) is 4.94. The van der Waals surface area contributed by atoms with Crippen LogP contribution in [0.3, 0.4) is 0 Å². The van der Waals surface area contributed by atoms with Crippen LogP contribution in [0.25, 0.3) is 11.6 Å². The van der Waals surface area contributed by atoms with Crippen molar-refractivity contribution in [1.82, 2.24) is 5.06 Å². The van der Waals surface area contributed by atoms with Gasteiger partial charge in [0.15, 0.2) is 0 Å². The highest BCUT2D eigenvalue weighted by atomic mass is 19.1. The van der Waals surface area contributed by atoms with Gasteiger partial charge in [-0.2, -0.15) is 0 Å². The minimum Gasteiger partial charge on any atom is -0.384 e. The lowest BCUT2D eigenvalue weighted by Crippen LogP contribution is -2.34. The third-order valence-electron chi connectivity index (χ3n) is 4.94. The van der Waals surface area contributed by atoms with Gasteiger partial charge in [-0.1, -0.05) is 42.5 Å². The topological polar surface area (TPSA) is 69.6 Å². The summed E-state index contributed by atoms with van der Waals surface area (Å²) in [6, 6.07) is 19.3. The molecule has 1 aliphatic rings. The van der Waals surface area contributed by atoms with Crippen molar-refractivity contribution in [1.29, 1.82) is 0 Å². The van der Waals surface area contributed by atoms with E-state index in [9.17, 15) is 19.2 Å². The highest BCUT2D eigenvalue weighted by molar-refractivity contribution is 6.28. The lowest BCUT2D eigenvalue weighted by atomic mass is 10.0. The number of nitrogens with zero attached hydrogens (tertiary/aromatic N) is 1. The number of nitrogens with one attached hydrogen (secondary N) is 1. The molecule has 4 rings (SSSR count). The molecule has 0 saturated heterocycles. The predicted molar refractivity (Wildman–Crippen MR) is 112 cm³/mol. The smallest absolute Gasteiger partial charge is 0.285 e. The molecule has 1 heterocycles. The van der Waals surface area contributed by atoms with E-state index in [0.717, 1.165) is 24.2 Å². The van der Waals surface area contributed by atoms with Gasteiger partial charge in [-0.3, -0.25) is 14.8 Å². The zero-order valence-electron chi connectivity index (χ0n) is 16.0. The number of rotatable bonds is 4. The molecule has 0 aromatic heterocycles. The van der Waals surface area contributed by atoms with Crippen molar-refractivity contribution in [2.45, 2.75) is 6.42 Å². The van der Waals surface area contributed by atoms with Crippen LogP contribution in [0, 0.1) is 5.82 Å². The maximum atomic E-state index is 13.4. The van der Waals surface area contributed by atoms with E-state index in [1.165, 1.54) is 24.3 Å². The SMILES string of the molecule is O=C(C(=Cc1ccccc1)c1ccc(F)cc1)N(O)C(=O)c1ccc2c(c1)CCN2. The molecule has 0 radical (unpaired) electrons. The molecule has 0 saturated carbocycles. The summed E-state index contributed by atoms with van der Waals surface area (Å²) in [4.78, 5) is 25.8. The van der Waals surface area contributed by atoms with E-state index in [1.807, 2.05) is 6.07 Å². The lowest BCUT2D eigenvalue weighted by Gasteiger charge is -2.16. The van der Waals surface area contributed by atoms with Gasteiger partial charge in [0.25, 0.3) is 11.8 Å². The van der Waals surface area contributed by atoms with Gasteiger partial charge in [0.1, 0.15) is 5.82 Å². The molecular formula is C24H19FN2O3. The summed E-state index contributed by atoms with van der Waals surface area (Å²) in [5.74, 6) is -2.17. The van der Waals surface area contributed by atoms with Crippen LogP contribution in [-0.2, 0) is 11.2 Å². The summed E-state index contributed by atoms with van der Waals surface area (Å²) in [6.07, 6.45) is 2.32. The van der Waals surface area contributed by atoms with Crippen LogP contribution in [0.15, 0.2) is 72.8 Å². The molecule has 1 aliphatic heterocycles. The molecule has 0 atom stereocenters. The predicted octanol–water partition coefficient (Wildman–Crippen LogP) is 4.39. The number of fused-ring (bicyclic) bond motifs is 1. The van der Waals surface area contributed by atoms with Crippen molar-refractivity contribution in [3.8, 4) is 0 Å². The molecule has 2 N–H and O–H groups in total. The highest BCUT2D eigenvalue weighted by Gasteiger charge is 2.26. The van der Waals surface area contributed by atoms with Gasteiger partial charge in [0, 0.05) is 17.8 Å². The number of amides is 2. The highest BCUT2D eigenvalue weighted by Crippen LogP contribution is 2.25. The van der Waals surface area contributed by atoms with Crippen molar-refractivity contribution < 1.29 is 19.2 Å². The monoisotopic (exact) mass is 402 g/mol. The Hall–Kier alpha value is -3.77. The van der Waals surface area contributed by atoms with E-state index in [4.69, 9.17) is 0 Å². The molecule has 150 valence electrons. The van der Waals surface area contributed by atoms with Crippen molar-refractivity contribution in [2.75, 3.05) is 11.9 Å². The molecule has 0 spiro atoms. The van der Waals surface area contributed by atoms with Gasteiger partial charge in [0.2, 0.25) is 0 Å². The fourth-order valence-electron chi connectivity index (χ4n) is 3.38. The van der Waals surface area contributed by atoms with E-state index >= 15 is 0 Å². The van der Waals surface area contributed by atoms with Crippen LogP contribution in [0.2, 0.25) is 0 Å². The van der Waals surface area contributed by atoms with Crippen LogP contribution in [0.5, 0.6) is 0 Å². The van der Waals surface area contributed by atoms with Crippen LogP contribution >= 0.6 is 0 Å². The first kappa shape index (κ1) is 19.5. The van der Waals surface area contributed by atoms with Crippen LogP contribution in [0.1, 0.15) is 27.0 Å². The Labute approximate surface area is 173 Å². The normalized spacial score (nSPS) is 12.8. The zero-order valence-corrected chi connectivity index (χ0v) is 16.0. The summed E-state index contributed by atoms with van der Waals surface area (Å²) >= 11 is 0. The second-order valence-electron chi connectivity index (χ2n) is 6.95. The average molecular weight is 402 g/mol. The quantitative estimate of drug-likeness (QED) is 0.294. The summed E-state index contributed by atoms with van der Waals surface area (Å²) < 4.78 is 13.4. The summed E-state index contributed by atoms with van der Waals surface area (Å²) in [7, 11) is 0. The largest absolute Gasteiger partial charge is 0.384 e. The Morgan fingerprint density at radius 1 is 0.967 bits per heavy atom. The zero-order chi connectivity index (χ0) is 21.1. The van der Waals surface area contributed by atoms with Crippen molar-refractivity contribution >= 4 is 29.2 Å². The number of hydroxylamine groups is 2. The van der Waals surface area contributed by atoms with Gasteiger partial charge in [-0.05, 0) is 59.5 Å². The van der Waals surface area contributed by atoms with Gasteiger partial charge < -0.3 is 5.32 Å². The minimum absolute atomic E-state index is 0.0693. The first-order chi connectivity index (χ1) is 14.5. The Kier molecular flexibility index (Phi) is 5.41. The molecule has 3 aromatic carbocycles. The maximum absolute atomic E-state index is 13.4. The second-order valence-corrected chi connectivity index (χ2v) is 6.95. The van der Waals surface area contributed by atoms with Crippen LogP contribution in [0.4, 0.5) is 10.1 Å². The molecule has 0 bridgehead atoms. The molecule has 3 aromatic rings. The number of halogens is 1. The molecule has 30 heavy (non-hydrogen) atoms. The number of carbonyl (C=O) groups is 2. The van der Waals surface area contributed by atoms with Crippen LogP contribution in [-0.4, -0.2) is 28.6 Å². The van der Waals surface area contributed by atoms with Gasteiger partial charge >= 0.3 is 0 Å². The number of carbonyl (C=O) groups excluding carboxylic acids is 2. The van der Waals surface area contributed by atoms with Crippen molar-refractivity contribution in [3.63, 3.8) is 0 Å². The van der Waals surface area contributed by atoms with Gasteiger partial charge in [-0.15, -0.1) is 5.06 Å². The van der Waals surface area contributed by atoms with E-state index in [-0.39, 0.29) is 16.2 Å². The number of hydrogen-bond donors (Lipinski definition) is 2. The van der Waals surface area contributed by atoms with E-state index < -0.39 is 17.6 Å². The van der Waals surface area contributed by atoms with Crippen LogP contribution < -0.4 is 5.32 Å². The molecule has 0 fully saturated rings. The standard InChI is InChI=1S/C24H19FN2O3/c25-20-9-6-17(7-10-20)21(14-16-4-2-1-3-5-16)24(29)27(30)23(28)19-8-11-22-18(15-19)12-13-26-22/h1-11,14-15,26,30H,12-13H2. The minimum atomic E-state index is -0.894. The number of benzene rings is 3. The lowest BCUT2D eigenvalue weighted by molar-refractivity contribution is -0.146. The Balaban J connectivity index is 1.67. The Morgan fingerprint density at radius 3 is 2.40 bits per heavy atom. The average Bonchev–Trinajstić information content (AvgIpc) is 3.25. The van der Waals surface area contributed by atoms with Gasteiger partial charge in [0.05, 0.1) is 5.57 Å². The fourth-order valence-corrected chi connectivity index (χ4v) is 3.38. The Morgan fingerprint density at radius 2 is 1.67 bits per heavy atom. The first-order valence-corrected chi connectivity index (χ1v) is 9.50. The second kappa shape index (κ2) is 8.31. The fraction of sp³-hybridized carbons (Fsp3) is 0.0833. The van der Waals surface area contributed by atoms with E-state index in [0.29, 0.717) is 11.1 Å². The van der Waals surface area contributed by atoms with Crippen molar-refractivity contribution in [3.05, 3.63) is 101 Å². The van der Waals surface area contributed by atoms with E-state index in [2.05, 4.69) is 5.32 Å². The number of anilines is 1. The summed E-state index contributed by atoms with van der Waals surface area (Å²) in [5.41, 5.74) is 3.27. The molecule has 6 heteroatoms. The molecule has 0 unspecified atom stereocenters. The van der Waals surface area contributed by atoms with E-state index in [1.54, 1.807) is 48.5 Å². The number of hydrogen-bond acceptors (Lipinski definition) is 4. The molecule has 5 nitrogen and oxygen atoms in total. The first-order valence-electron chi connectivity index (χ1n) is 9.50. The maximum Gasteiger partial charge on any atom is 0.285 e. The summed E-state index contributed by atoms with van der Waals surface area (Å²) in [6.45, 7) is 0.781. The molecule has 2 amide bonds. The number of imide groups is 1. The molecule has 0 aliphatic carbocycles.